The first-order chi connectivity index (χ1) is 8.99. The highest BCUT2D eigenvalue weighted by molar-refractivity contribution is 6.05. The van der Waals surface area contributed by atoms with Crippen LogP contribution >= 0.6 is 0 Å². The first-order valence-corrected chi connectivity index (χ1v) is 6.87. The number of imide groups is 1. The monoisotopic (exact) mass is 267 g/mol. The molecule has 1 atom stereocenters. The molecule has 1 aliphatic heterocycles. The summed E-state index contributed by atoms with van der Waals surface area (Å²) < 4.78 is 0. The Bertz CT molecular complexity index is 391. The fourth-order valence-electron chi connectivity index (χ4n) is 2.24. The van der Waals surface area contributed by atoms with Crippen molar-refractivity contribution in [2.45, 2.75) is 57.7 Å². The summed E-state index contributed by atoms with van der Waals surface area (Å²) in [6.45, 7) is 4.07. The molecule has 0 spiro atoms. The summed E-state index contributed by atoms with van der Waals surface area (Å²) in [7, 11) is 0. The number of hydrogen-bond donors (Lipinski definition) is 2. The van der Waals surface area contributed by atoms with E-state index in [1.165, 1.54) is 4.90 Å². The molecule has 2 N–H and O–H groups in total. The zero-order valence-electron chi connectivity index (χ0n) is 11.4. The molecular formula is C13H21N3O3. The van der Waals surface area contributed by atoms with Crippen LogP contribution in [0, 0.1) is 0 Å². The van der Waals surface area contributed by atoms with Gasteiger partial charge in [-0.3, -0.25) is 19.3 Å². The fourth-order valence-corrected chi connectivity index (χ4v) is 2.24. The lowest BCUT2D eigenvalue weighted by molar-refractivity contribution is -0.140. The van der Waals surface area contributed by atoms with Crippen molar-refractivity contribution in [1.82, 2.24) is 15.5 Å². The molecule has 0 radical (unpaired) electrons. The Morgan fingerprint density at radius 3 is 2.58 bits per heavy atom. The fraction of sp³-hybridized carbons (Fsp3) is 0.769. The molecule has 1 saturated carbocycles. The maximum atomic E-state index is 12.0. The van der Waals surface area contributed by atoms with Crippen molar-refractivity contribution in [2.24, 2.45) is 0 Å². The Kier molecular flexibility index (Phi) is 4.19. The largest absolute Gasteiger partial charge is 0.353 e. The average molecular weight is 267 g/mol. The van der Waals surface area contributed by atoms with Gasteiger partial charge in [-0.15, -0.1) is 0 Å². The van der Waals surface area contributed by atoms with Crippen LogP contribution in [-0.2, 0) is 14.4 Å². The topological polar surface area (TPSA) is 78.5 Å². The van der Waals surface area contributed by atoms with Gasteiger partial charge in [0.05, 0.1) is 12.5 Å². The third-order valence-electron chi connectivity index (χ3n) is 3.38. The van der Waals surface area contributed by atoms with Crippen LogP contribution in [0.2, 0.25) is 0 Å². The van der Waals surface area contributed by atoms with Crippen LogP contribution < -0.4 is 10.6 Å². The third-order valence-corrected chi connectivity index (χ3v) is 3.38. The first-order valence-electron chi connectivity index (χ1n) is 6.87. The Balaban J connectivity index is 1.72. The normalized spacial score (nSPS) is 23.3. The number of rotatable bonds is 6. The molecule has 1 unspecified atom stereocenters. The first kappa shape index (κ1) is 14.0. The number of carbonyl (C=O) groups is 3. The van der Waals surface area contributed by atoms with Gasteiger partial charge in [-0.05, 0) is 26.7 Å². The summed E-state index contributed by atoms with van der Waals surface area (Å²) in [5.41, 5.74) is 0. The summed E-state index contributed by atoms with van der Waals surface area (Å²) >= 11 is 0. The van der Waals surface area contributed by atoms with E-state index in [1.807, 2.05) is 13.8 Å². The Morgan fingerprint density at radius 2 is 2.05 bits per heavy atom. The van der Waals surface area contributed by atoms with E-state index in [0.717, 1.165) is 12.8 Å². The highest BCUT2D eigenvalue weighted by atomic mass is 16.2. The molecule has 2 rings (SSSR count). The van der Waals surface area contributed by atoms with Crippen LogP contribution in [0.1, 0.15) is 39.5 Å². The molecule has 2 fully saturated rings. The zero-order chi connectivity index (χ0) is 14.0. The van der Waals surface area contributed by atoms with E-state index in [1.54, 1.807) is 0 Å². The lowest BCUT2D eigenvalue weighted by Gasteiger charge is -2.19. The van der Waals surface area contributed by atoms with Crippen LogP contribution in [0.25, 0.3) is 0 Å². The number of likely N-dealkylation sites (tertiary alicyclic amines) is 1. The molecule has 3 amide bonds. The summed E-state index contributed by atoms with van der Waals surface area (Å²) in [5.74, 6) is -0.310. The second kappa shape index (κ2) is 5.69. The van der Waals surface area contributed by atoms with Crippen molar-refractivity contribution < 1.29 is 14.4 Å². The smallest absolute Gasteiger partial charge is 0.247 e. The third kappa shape index (κ3) is 3.53. The van der Waals surface area contributed by atoms with E-state index in [2.05, 4.69) is 10.6 Å². The second-order valence-electron chi connectivity index (χ2n) is 5.50. The standard InChI is InChI=1S/C13H21N3O3/c1-8(2)16-12(18)7-10(13(16)19)14-6-5-11(17)15-9-3-4-9/h8-10,14H,3-7H2,1-2H3,(H,15,17). The van der Waals surface area contributed by atoms with E-state index in [-0.39, 0.29) is 30.2 Å². The highest BCUT2D eigenvalue weighted by Gasteiger charge is 2.39. The van der Waals surface area contributed by atoms with Gasteiger partial charge in [-0.1, -0.05) is 0 Å². The lowest BCUT2D eigenvalue weighted by atomic mass is 10.2. The van der Waals surface area contributed by atoms with Crippen LogP contribution in [0.5, 0.6) is 0 Å². The number of nitrogens with zero attached hydrogens (tertiary/aromatic N) is 1. The summed E-state index contributed by atoms with van der Waals surface area (Å²) in [6, 6.07) is -0.216. The Hall–Kier alpha value is -1.43. The highest BCUT2D eigenvalue weighted by Crippen LogP contribution is 2.18. The van der Waals surface area contributed by atoms with Crippen molar-refractivity contribution in [2.75, 3.05) is 6.54 Å². The molecule has 6 heteroatoms. The number of nitrogens with one attached hydrogen (secondary N) is 2. The average Bonchev–Trinajstić information content (AvgIpc) is 3.06. The van der Waals surface area contributed by atoms with Crippen LogP contribution in [-0.4, -0.2) is 47.3 Å². The quantitative estimate of drug-likeness (QED) is 0.652. The van der Waals surface area contributed by atoms with Crippen LogP contribution in [0.4, 0.5) is 0 Å². The maximum Gasteiger partial charge on any atom is 0.247 e. The van der Waals surface area contributed by atoms with Crippen molar-refractivity contribution in [3.05, 3.63) is 0 Å². The van der Waals surface area contributed by atoms with Crippen molar-refractivity contribution in [3.63, 3.8) is 0 Å². The van der Waals surface area contributed by atoms with E-state index in [4.69, 9.17) is 0 Å². The van der Waals surface area contributed by atoms with Gasteiger partial charge in [0.1, 0.15) is 0 Å². The molecule has 0 aromatic rings. The molecule has 1 aliphatic carbocycles. The molecular weight excluding hydrogens is 246 g/mol. The number of carbonyl (C=O) groups excluding carboxylic acids is 3. The summed E-state index contributed by atoms with van der Waals surface area (Å²) in [4.78, 5) is 36.4. The van der Waals surface area contributed by atoms with Gasteiger partial charge in [-0.25, -0.2) is 0 Å². The zero-order valence-corrected chi connectivity index (χ0v) is 11.4. The molecule has 19 heavy (non-hydrogen) atoms. The molecule has 2 aliphatic rings. The van der Waals surface area contributed by atoms with E-state index in [0.29, 0.717) is 19.0 Å². The minimum atomic E-state index is -0.469. The van der Waals surface area contributed by atoms with Gasteiger partial charge >= 0.3 is 0 Å². The predicted octanol–water partition coefficient (Wildman–Crippen LogP) is -0.219. The van der Waals surface area contributed by atoms with Gasteiger partial charge < -0.3 is 10.6 Å². The molecule has 0 aromatic heterocycles. The molecule has 1 heterocycles. The maximum absolute atomic E-state index is 12.0. The second-order valence-corrected chi connectivity index (χ2v) is 5.50. The lowest BCUT2D eigenvalue weighted by Crippen LogP contribution is -2.42. The van der Waals surface area contributed by atoms with E-state index >= 15 is 0 Å². The van der Waals surface area contributed by atoms with E-state index < -0.39 is 6.04 Å². The summed E-state index contributed by atoms with van der Waals surface area (Å²) in [5, 5.41) is 5.88. The van der Waals surface area contributed by atoms with E-state index in [9.17, 15) is 14.4 Å². The molecule has 0 bridgehead atoms. The van der Waals surface area contributed by atoms with Gasteiger partial charge in [0.2, 0.25) is 17.7 Å². The van der Waals surface area contributed by atoms with Gasteiger partial charge in [-0.2, -0.15) is 0 Å². The molecule has 1 saturated heterocycles. The minimum absolute atomic E-state index is 0.00693. The van der Waals surface area contributed by atoms with Gasteiger partial charge in [0.25, 0.3) is 0 Å². The molecule has 0 aromatic carbocycles. The summed E-state index contributed by atoms with van der Waals surface area (Å²) in [6.07, 6.45) is 2.67. The van der Waals surface area contributed by atoms with Crippen LogP contribution in [0.3, 0.4) is 0 Å². The minimum Gasteiger partial charge on any atom is -0.353 e. The molecule has 6 nitrogen and oxygen atoms in total. The Labute approximate surface area is 112 Å². The van der Waals surface area contributed by atoms with Crippen molar-refractivity contribution >= 4 is 17.7 Å². The van der Waals surface area contributed by atoms with Gasteiger partial charge in [0.15, 0.2) is 0 Å². The Morgan fingerprint density at radius 1 is 1.37 bits per heavy atom. The SMILES string of the molecule is CC(C)N1C(=O)CC(NCCC(=O)NC2CC2)C1=O. The van der Waals surface area contributed by atoms with Crippen molar-refractivity contribution in [1.29, 1.82) is 0 Å². The van der Waals surface area contributed by atoms with Gasteiger partial charge in [0, 0.05) is 25.0 Å². The predicted molar refractivity (Wildman–Crippen MR) is 69.2 cm³/mol. The van der Waals surface area contributed by atoms with Crippen molar-refractivity contribution in [3.8, 4) is 0 Å². The molecule has 106 valence electrons. The number of amides is 3. The number of hydrogen-bond acceptors (Lipinski definition) is 4. The van der Waals surface area contributed by atoms with Crippen LogP contribution in [0.15, 0.2) is 0 Å².